The summed E-state index contributed by atoms with van der Waals surface area (Å²) in [4.78, 5) is 0. The summed E-state index contributed by atoms with van der Waals surface area (Å²) in [5.41, 5.74) is 0. The van der Waals surface area contributed by atoms with Crippen LogP contribution in [0.1, 0.15) is 20.3 Å². The Morgan fingerprint density at radius 1 is 1.54 bits per heavy atom. The highest BCUT2D eigenvalue weighted by Gasteiger charge is 1.93. The van der Waals surface area contributed by atoms with Crippen LogP contribution in [0.4, 0.5) is 0 Å². The van der Waals surface area contributed by atoms with E-state index in [2.05, 4.69) is 6.58 Å². The van der Waals surface area contributed by atoms with Gasteiger partial charge in [-0.1, -0.05) is 6.08 Å². The Balaban J connectivity index is 0. The van der Waals surface area contributed by atoms with Crippen molar-refractivity contribution in [3.05, 3.63) is 12.7 Å². The molecule has 0 amide bonds. The van der Waals surface area contributed by atoms with Crippen LogP contribution in [0.5, 0.6) is 0 Å². The zero-order valence-electron chi connectivity index (χ0n) is 7.80. The fraction of sp³-hybridized carbons (Fsp3) is 0.714. The first-order valence-corrected chi connectivity index (χ1v) is 5.13. The summed E-state index contributed by atoms with van der Waals surface area (Å²) in [7, 11) is -4.67. The third kappa shape index (κ3) is 34.2. The molecule has 0 bridgehead atoms. The van der Waals surface area contributed by atoms with E-state index in [0.717, 1.165) is 13.0 Å². The maximum atomic E-state index is 8.74. The first kappa shape index (κ1) is 15.1. The maximum absolute atomic E-state index is 8.74. The predicted octanol–water partition coefficient (Wildman–Crippen LogP) is 1.33. The molecule has 0 fully saturated rings. The number of rotatable bonds is 4. The van der Waals surface area contributed by atoms with Gasteiger partial charge in [-0.05, 0) is 20.3 Å². The first-order chi connectivity index (χ1) is 5.81. The third-order valence-electron chi connectivity index (χ3n) is 0.950. The average Bonchev–Trinajstić information content (AvgIpc) is 1.84. The molecule has 0 spiro atoms. The Kier molecular flexibility index (Phi) is 9.48. The molecular weight excluding hydrogens is 196 g/mol. The van der Waals surface area contributed by atoms with Gasteiger partial charge in [-0.2, -0.15) is 8.42 Å². The van der Waals surface area contributed by atoms with Gasteiger partial charge in [0.15, 0.2) is 0 Å². The van der Waals surface area contributed by atoms with Crippen LogP contribution in [-0.2, 0) is 15.1 Å². The summed E-state index contributed by atoms with van der Waals surface area (Å²) < 4.78 is 36.8. The van der Waals surface area contributed by atoms with Gasteiger partial charge in [0.1, 0.15) is 0 Å². The first-order valence-electron chi connectivity index (χ1n) is 3.73. The van der Waals surface area contributed by atoms with Crippen molar-refractivity contribution in [2.45, 2.75) is 26.4 Å². The molecule has 1 unspecified atom stereocenters. The van der Waals surface area contributed by atoms with Crippen molar-refractivity contribution in [2.24, 2.45) is 0 Å². The molecule has 0 aromatic heterocycles. The zero-order chi connectivity index (χ0) is 10.9. The summed E-state index contributed by atoms with van der Waals surface area (Å²) in [6, 6.07) is 0. The minimum absolute atomic E-state index is 0.345. The Hall–Kier alpha value is -0.430. The van der Waals surface area contributed by atoms with Gasteiger partial charge in [-0.15, -0.1) is 6.58 Å². The molecule has 6 heteroatoms. The second kappa shape index (κ2) is 8.18. The zero-order valence-corrected chi connectivity index (χ0v) is 8.62. The van der Waals surface area contributed by atoms with Crippen molar-refractivity contribution in [2.75, 3.05) is 6.61 Å². The fourth-order valence-corrected chi connectivity index (χ4v) is 0.587. The molecule has 0 aliphatic carbocycles. The van der Waals surface area contributed by atoms with Gasteiger partial charge in [0.2, 0.25) is 0 Å². The number of hydrogen-bond acceptors (Lipinski definition) is 3. The predicted molar refractivity (Wildman–Crippen MR) is 50.1 cm³/mol. The quantitative estimate of drug-likeness (QED) is 0.542. The van der Waals surface area contributed by atoms with Crippen molar-refractivity contribution >= 4 is 10.4 Å². The van der Waals surface area contributed by atoms with E-state index in [9.17, 15) is 0 Å². The van der Waals surface area contributed by atoms with Gasteiger partial charge in [0.25, 0.3) is 0 Å². The molecule has 2 N–H and O–H groups in total. The third-order valence-corrected chi connectivity index (χ3v) is 0.950. The van der Waals surface area contributed by atoms with E-state index in [0.29, 0.717) is 6.10 Å². The second-order valence-corrected chi connectivity index (χ2v) is 3.13. The van der Waals surface area contributed by atoms with Gasteiger partial charge >= 0.3 is 10.4 Å². The molecule has 0 saturated carbocycles. The molecule has 0 aliphatic heterocycles. The van der Waals surface area contributed by atoms with Crippen LogP contribution < -0.4 is 0 Å². The summed E-state index contributed by atoms with van der Waals surface area (Å²) in [5, 5.41) is 0. The highest BCUT2D eigenvalue weighted by Crippen LogP contribution is 1.95. The maximum Gasteiger partial charge on any atom is 0.394 e. The van der Waals surface area contributed by atoms with E-state index in [1.807, 2.05) is 19.9 Å². The van der Waals surface area contributed by atoms with Crippen LogP contribution in [0, 0.1) is 0 Å². The van der Waals surface area contributed by atoms with Crippen LogP contribution in [0.15, 0.2) is 12.7 Å². The largest absolute Gasteiger partial charge is 0.394 e. The normalized spacial score (nSPS) is 12.6. The van der Waals surface area contributed by atoms with E-state index >= 15 is 0 Å². The molecular formula is C7H16O5S. The summed E-state index contributed by atoms with van der Waals surface area (Å²) >= 11 is 0. The van der Waals surface area contributed by atoms with Gasteiger partial charge < -0.3 is 4.74 Å². The Bertz CT molecular complexity index is 201. The van der Waals surface area contributed by atoms with Crippen LogP contribution in [-0.4, -0.2) is 30.2 Å². The number of hydrogen-bond donors (Lipinski definition) is 2. The van der Waals surface area contributed by atoms with Gasteiger partial charge in [-0.25, -0.2) is 0 Å². The monoisotopic (exact) mass is 212 g/mol. The number of ether oxygens (including phenoxy) is 1. The van der Waals surface area contributed by atoms with Crippen LogP contribution in [0.25, 0.3) is 0 Å². The molecule has 0 radical (unpaired) electrons. The topological polar surface area (TPSA) is 83.8 Å². The average molecular weight is 212 g/mol. The molecule has 0 heterocycles. The Labute approximate surface area is 79.0 Å². The Morgan fingerprint density at radius 3 is 2.15 bits per heavy atom. The minimum Gasteiger partial charge on any atom is -0.378 e. The van der Waals surface area contributed by atoms with E-state index < -0.39 is 10.4 Å². The van der Waals surface area contributed by atoms with Crippen molar-refractivity contribution in [3.63, 3.8) is 0 Å². The summed E-state index contributed by atoms with van der Waals surface area (Å²) in [5.74, 6) is 0. The minimum atomic E-state index is -4.67. The molecule has 80 valence electrons. The molecule has 5 nitrogen and oxygen atoms in total. The lowest BCUT2D eigenvalue weighted by molar-refractivity contribution is 0.0788. The molecule has 0 aromatic rings. The lowest BCUT2D eigenvalue weighted by Crippen LogP contribution is -2.05. The molecule has 0 aliphatic rings. The summed E-state index contributed by atoms with van der Waals surface area (Å²) in [6.07, 6.45) is 3.17. The van der Waals surface area contributed by atoms with Crippen LogP contribution in [0.2, 0.25) is 0 Å². The van der Waals surface area contributed by atoms with Crippen molar-refractivity contribution in [1.29, 1.82) is 0 Å². The molecule has 0 saturated heterocycles. The van der Waals surface area contributed by atoms with E-state index in [-0.39, 0.29) is 0 Å². The highest BCUT2D eigenvalue weighted by atomic mass is 32.3. The Morgan fingerprint density at radius 2 is 1.92 bits per heavy atom. The van der Waals surface area contributed by atoms with E-state index in [1.54, 1.807) is 0 Å². The molecule has 1 atom stereocenters. The van der Waals surface area contributed by atoms with Crippen molar-refractivity contribution in [3.8, 4) is 0 Å². The molecule has 0 aromatic carbocycles. The van der Waals surface area contributed by atoms with E-state index in [1.165, 1.54) is 0 Å². The van der Waals surface area contributed by atoms with Crippen LogP contribution in [0.3, 0.4) is 0 Å². The highest BCUT2D eigenvalue weighted by molar-refractivity contribution is 7.79. The van der Waals surface area contributed by atoms with Crippen LogP contribution >= 0.6 is 0 Å². The van der Waals surface area contributed by atoms with Gasteiger partial charge in [0.05, 0.1) is 6.10 Å². The summed E-state index contributed by atoms with van der Waals surface area (Å²) in [6.45, 7) is 8.45. The van der Waals surface area contributed by atoms with Gasteiger partial charge in [0, 0.05) is 6.61 Å². The fourth-order valence-electron chi connectivity index (χ4n) is 0.587. The second-order valence-electron chi connectivity index (χ2n) is 2.24. The lowest BCUT2D eigenvalue weighted by atomic mass is 10.3. The van der Waals surface area contributed by atoms with Gasteiger partial charge in [-0.3, -0.25) is 9.11 Å². The van der Waals surface area contributed by atoms with Crippen molar-refractivity contribution < 1.29 is 22.3 Å². The standard InChI is InChI=1S/C7H14O.H2O4S/c1-4-6-7(3)8-5-2;1-5(2,3)4/h4,7H,1,5-6H2,2-3H3;(H2,1,2,3,4). The lowest BCUT2D eigenvalue weighted by Gasteiger charge is -2.06. The SMILES string of the molecule is C=CCC(C)OCC.O=S(=O)(O)O. The van der Waals surface area contributed by atoms with Crippen molar-refractivity contribution in [1.82, 2.24) is 0 Å². The molecule has 13 heavy (non-hydrogen) atoms. The van der Waals surface area contributed by atoms with E-state index in [4.69, 9.17) is 22.3 Å². The molecule has 0 rings (SSSR count). The smallest absolute Gasteiger partial charge is 0.378 e.